The van der Waals surface area contributed by atoms with Crippen LogP contribution in [0.25, 0.3) is 11.1 Å². The van der Waals surface area contributed by atoms with Crippen LogP contribution in [0.5, 0.6) is 0 Å². The van der Waals surface area contributed by atoms with Crippen LogP contribution in [-0.4, -0.2) is 33.6 Å². The Hall–Kier alpha value is -2.15. The Bertz CT molecular complexity index is 686. The predicted octanol–water partition coefficient (Wildman–Crippen LogP) is 0.571. The van der Waals surface area contributed by atoms with Gasteiger partial charge < -0.3 is 19.8 Å². The molecule has 3 N–H and O–H groups in total. The summed E-state index contributed by atoms with van der Waals surface area (Å²) in [6.45, 7) is 5.19. The number of fused-ring (bicyclic) bond motifs is 1. The number of amides is 1. The van der Waals surface area contributed by atoms with Crippen molar-refractivity contribution in [1.82, 2.24) is 15.3 Å². The SMILES string of the molecule is Cc1oc2nc[nH]c(=O)c2c1C(=O)NC(CO)C(C)C. The van der Waals surface area contributed by atoms with E-state index in [1.807, 2.05) is 13.8 Å². The molecule has 1 amide bonds. The van der Waals surface area contributed by atoms with Crippen molar-refractivity contribution in [2.45, 2.75) is 26.8 Å². The highest BCUT2D eigenvalue weighted by atomic mass is 16.3. The van der Waals surface area contributed by atoms with E-state index in [9.17, 15) is 14.7 Å². The monoisotopic (exact) mass is 279 g/mol. The minimum Gasteiger partial charge on any atom is -0.442 e. The molecule has 0 aliphatic carbocycles. The van der Waals surface area contributed by atoms with Crippen LogP contribution in [-0.2, 0) is 0 Å². The smallest absolute Gasteiger partial charge is 0.262 e. The van der Waals surface area contributed by atoms with Gasteiger partial charge in [0.25, 0.3) is 11.5 Å². The van der Waals surface area contributed by atoms with Gasteiger partial charge in [0.1, 0.15) is 11.1 Å². The Balaban J connectivity index is 2.45. The molecule has 108 valence electrons. The van der Waals surface area contributed by atoms with Gasteiger partial charge in [0.15, 0.2) is 0 Å². The number of hydrogen-bond donors (Lipinski definition) is 3. The van der Waals surface area contributed by atoms with Gasteiger partial charge in [-0.05, 0) is 12.8 Å². The zero-order chi connectivity index (χ0) is 14.9. The third kappa shape index (κ3) is 2.44. The van der Waals surface area contributed by atoms with Crippen LogP contribution in [0.2, 0.25) is 0 Å². The fourth-order valence-corrected chi connectivity index (χ4v) is 1.99. The first kappa shape index (κ1) is 14.3. The molecule has 7 heteroatoms. The van der Waals surface area contributed by atoms with E-state index in [4.69, 9.17) is 4.42 Å². The number of nitrogens with one attached hydrogen (secondary N) is 2. The molecule has 2 aromatic heterocycles. The molecular weight excluding hydrogens is 262 g/mol. The van der Waals surface area contributed by atoms with Crippen LogP contribution in [0.15, 0.2) is 15.5 Å². The van der Waals surface area contributed by atoms with Crippen LogP contribution in [0.4, 0.5) is 0 Å². The second kappa shape index (κ2) is 5.46. The Morgan fingerprint density at radius 2 is 2.25 bits per heavy atom. The highest BCUT2D eigenvalue weighted by Crippen LogP contribution is 2.20. The first-order chi connectivity index (χ1) is 9.45. The van der Waals surface area contributed by atoms with Crippen LogP contribution < -0.4 is 10.9 Å². The van der Waals surface area contributed by atoms with E-state index < -0.39 is 11.5 Å². The number of aromatic amines is 1. The molecule has 0 spiro atoms. The summed E-state index contributed by atoms with van der Waals surface area (Å²) in [6, 6.07) is -0.386. The average molecular weight is 279 g/mol. The van der Waals surface area contributed by atoms with Gasteiger partial charge in [-0.1, -0.05) is 13.8 Å². The number of nitrogens with zero attached hydrogens (tertiary/aromatic N) is 1. The molecule has 0 aliphatic heterocycles. The summed E-state index contributed by atoms with van der Waals surface area (Å²) in [5, 5.41) is 12.1. The number of aryl methyl sites for hydroxylation is 1. The highest BCUT2D eigenvalue weighted by molar-refractivity contribution is 6.06. The molecule has 1 unspecified atom stereocenters. The normalized spacial score (nSPS) is 12.8. The summed E-state index contributed by atoms with van der Waals surface area (Å²) in [6.07, 6.45) is 1.22. The van der Waals surface area contributed by atoms with Gasteiger partial charge in [0, 0.05) is 0 Å². The molecular formula is C13H17N3O4. The van der Waals surface area contributed by atoms with E-state index in [0.29, 0.717) is 5.76 Å². The summed E-state index contributed by atoms with van der Waals surface area (Å²) in [4.78, 5) is 30.4. The highest BCUT2D eigenvalue weighted by Gasteiger charge is 2.24. The van der Waals surface area contributed by atoms with E-state index in [0.717, 1.165) is 0 Å². The van der Waals surface area contributed by atoms with Crippen molar-refractivity contribution in [2.75, 3.05) is 6.61 Å². The summed E-state index contributed by atoms with van der Waals surface area (Å²) in [5.74, 6) is -0.0616. The molecule has 7 nitrogen and oxygen atoms in total. The molecule has 2 aromatic rings. The average Bonchev–Trinajstić information content (AvgIpc) is 2.73. The van der Waals surface area contributed by atoms with Crippen molar-refractivity contribution in [2.24, 2.45) is 5.92 Å². The van der Waals surface area contributed by atoms with E-state index in [1.165, 1.54) is 6.33 Å². The van der Waals surface area contributed by atoms with Crippen LogP contribution >= 0.6 is 0 Å². The number of carbonyl (C=O) groups is 1. The second-order valence-corrected chi connectivity index (χ2v) is 4.95. The Labute approximate surface area is 115 Å². The quantitative estimate of drug-likeness (QED) is 0.758. The van der Waals surface area contributed by atoms with Gasteiger partial charge in [0.2, 0.25) is 5.71 Å². The second-order valence-electron chi connectivity index (χ2n) is 4.95. The maximum absolute atomic E-state index is 12.3. The van der Waals surface area contributed by atoms with Gasteiger partial charge in [-0.15, -0.1) is 0 Å². The van der Waals surface area contributed by atoms with E-state index in [-0.39, 0.29) is 35.2 Å². The fourth-order valence-electron chi connectivity index (χ4n) is 1.99. The lowest BCUT2D eigenvalue weighted by Crippen LogP contribution is -2.41. The lowest BCUT2D eigenvalue weighted by Gasteiger charge is -2.19. The molecule has 1 atom stereocenters. The summed E-state index contributed by atoms with van der Waals surface area (Å²) >= 11 is 0. The van der Waals surface area contributed by atoms with Crippen LogP contribution in [0, 0.1) is 12.8 Å². The minimum absolute atomic E-state index is 0.0684. The van der Waals surface area contributed by atoms with E-state index in [2.05, 4.69) is 15.3 Å². The van der Waals surface area contributed by atoms with Crippen molar-refractivity contribution in [3.63, 3.8) is 0 Å². The lowest BCUT2D eigenvalue weighted by atomic mass is 10.0. The Kier molecular flexibility index (Phi) is 3.89. The van der Waals surface area contributed by atoms with Gasteiger partial charge >= 0.3 is 0 Å². The van der Waals surface area contributed by atoms with Crippen molar-refractivity contribution in [3.8, 4) is 0 Å². The summed E-state index contributed by atoms with van der Waals surface area (Å²) in [5.41, 5.74) is -0.142. The van der Waals surface area contributed by atoms with Crippen LogP contribution in [0.3, 0.4) is 0 Å². The van der Waals surface area contributed by atoms with Gasteiger partial charge in [0.05, 0.1) is 24.5 Å². The fraction of sp³-hybridized carbons (Fsp3) is 0.462. The first-order valence-corrected chi connectivity index (χ1v) is 6.34. The predicted molar refractivity (Wildman–Crippen MR) is 72.5 cm³/mol. The zero-order valence-corrected chi connectivity index (χ0v) is 11.6. The number of furan rings is 1. The summed E-state index contributed by atoms with van der Waals surface area (Å²) in [7, 11) is 0. The van der Waals surface area contributed by atoms with Gasteiger partial charge in [-0.3, -0.25) is 9.59 Å². The number of hydrogen-bond acceptors (Lipinski definition) is 5. The zero-order valence-electron chi connectivity index (χ0n) is 11.6. The largest absolute Gasteiger partial charge is 0.442 e. The van der Waals surface area contributed by atoms with Crippen molar-refractivity contribution in [3.05, 3.63) is 28.0 Å². The topological polar surface area (TPSA) is 108 Å². The van der Waals surface area contributed by atoms with Gasteiger partial charge in [-0.25, -0.2) is 4.98 Å². The molecule has 0 bridgehead atoms. The molecule has 2 rings (SSSR count). The Morgan fingerprint density at radius 1 is 1.55 bits per heavy atom. The summed E-state index contributed by atoms with van der Waals surface area (Å²) < 4.78 is 5.32. The Morgan fingerprint density at radius 3 is 2.85 bits per heavy atom. The molecule has 0 saturated carbocycles. The maximum atomic E-state index is 12.3. The molecule has 0 saturated heterocycles. The maximum Gasteiger partial charge on any atom is 0.262 e. The number of rotatable bonds is 4. The molecule has 0 aromatic carbocycles. The number of aromatic nitrogens is 2. The van der Waals surface area contributed by atoms with Crippen molar-refractivity contribution >= 4 is 17.0 Å². The molecule has 0 radical (unpaired) electrons. The first-order valence-electron chi connectivity index (χ1n) is 6.34. The molecule has 0 aliphatic rings. The number of H-pyrrole nitrogens is 1. The van der Waals surface area contributed by atoms with Crippen LogP contribution in [0.1, 0.15) is 30.0 Å². The van der Waals surface area contributed by atoms with E-state index >= 15 is 0 Å². The third-order valence-electron chi connectivity index (χ3n) is 3.22. The lowest BCUT2D eigenvalue weighted by molar-refractivity contribution is 0.0896. The van der Waals surface area contributed by atoms with Crippen molar-refractivity contribution in [1.29, 1.82) is 0 Å². The number of aliphatic hydroxyl groups excluding tert-OH is 1. The van der Waals surface area contributed by atoms with Gasteiger partial charge in [-0.2, -0.15) is 0 Å². The molecule has 20 heavy (non-hydrogen) atoms. The standard InChI is InChI=1S/C13H17N3O4/c1-6(2)8(4-17)16-12(19)9-7(3)20-13-10(9)11(18)14-5-15-13/h5-6,8,17H,4H2,1-3H3,(H,16,19)(H,14,15,18). The minimum atomic E-state index is -0.451. The van der Waals surface area contributed by atoms with E-state index in [1.54, 1.807) is 6.92 Å². The van der Waals surface area contributed by atoms with Crippen molar-refractivity contribution < 1.29 is 14.3 Å². The number of aliphatic hydroxyl groups is 1. The third-order valence-corrected chi connectivity index (χ3v) is 3.22. The molecule has 2 heterocycles. The number of carbonyl (C=O) groups excluding carboxylic acids is 1. The molecule has 0 fully saturated rings.